The number of benzene rings is 2. The summed E-state index contributed by atoms with van der Waals surface area (Å²) in [6.45, 7) is 0. The van der Waals surface area contributed by atoms with Crippen LogP contribution in [0.1, 0.15) is 0 Å². The molecule has 3 rings (SSSR count). The van der Waals surface area contributed by atoms with Gasteiger partial charge in [-0.3, -0.25) is 4.79 Å². The standard InChI is InChI=1S/C17H16N6O/c18-17(19)21-13-8-6-12(7-9-13)15-10-16(20-11-24)22-23(15)14-4-2-1-3-5-14/h1-11H,(H4,18,19,21)(H,20,22,24). The number of nitrogens with two attached hydrogens (primary N) is 2. The van der Waals surface area contributed by atoms with Crippen molar-refractivity contribution in [3.63, 3.8) is 0 Å². The van der Waals surface area contributed by atoms with Crippen LogP contribution in [0.2, 0.25) is 0 Å². The Hall–Kier alpha value is -3.61. The van der Waals surface area contributed by atoms with Gasteiger partial charge in [-0.2, -0.15) is 0 Å². The number of carbonyl (C=O) groups excluding carboxylic acids is 1. The number of aliphatic imine (C=N–C) groups is 1. The van der Waals surface area contributed by atoms with E-state index in [9.17, 15) is 4.79 Å². The fourth-order valence-corrected chi connectivity index (χ4v) is 2.34. The monoisotopic (exact) mass is 320 g/mol. The largest absolute Gasteiger partial charge is 0.370 e. The highest BCUT2D eigenvalue weighted by atomic mass is 16.1. The Labute approximate surface area is 138 Å². The van der Waals surface area contributed by atoms with Crippen molar-refractivity contribution in [1.29, 1.82) is 0 Å². The summed E-state index contributed by atoms with van der Waals surface area (Å²) in [5, 5.41) is 7.00. The molecule has 120 valence electrons. The molecule has 0 fully saturated rings. The van der Waals surface area contributed by atoms with E-state index in [-0.39, 0.29) is 5.96 Å². The Morgan fingerprint density at radius 1 is 1.08 bits per heavy atom. The van der Waals surface area contributed by atoms with Gasteiger partial charge in [-0.1, -0.05) is 30.3 Å². The fraction of sp³-hybridized carbons (Fsp3) is 0. The van der Waals surface area contributed by atoms with Gasteiger partial charge in [0.1, 0.15) is 0 Å². The summed E-state index contributed by atoms with van der Waals surface area (Å²) in [6.07, 6.45) is 0.600. The Morgan fingerprint density at radius 3 is 2.42 bits per heavy atom. The molecule has 24 heavy (non-hydrogen) atoms. The first-order valence-electron chi connectivity index (χ1n) is 7.23. The number of hydrogen-bond acceptors (Lipinski definition) is 3. The molecule has 0 saturated carbocycles. The van der Waals surface area contributed by atoms with Crippen LogP contribution in [0.3, 0.4) is 0 Å². The summed E-state index contributed by atoms with van der Waals surface area (Å²) in [7, 11) is 0. The SMILES string of the molecule is NC(N)=Nc1ccc(-c2cc(NC=O)nn2-c2ccccc2)cc1. The number of anilines is 1. The number of hydrogen-bond donors (Lipinski definition) is 3. The average molecular weight is 320 g/mol. The van der Waals surface area contributed by atoms with Gasteiger partial charge in [0.2, 0.25) is 6.41 Å². The van der Waals surface area contributed by atoms with Gasteiger partial charge in [0.15, 0.2) is 11.8 Å². The van der Waals surface area contributed by atoms with E-state index < -0.39 is 0 Å². The van der Waals surface area contributed by atoms with Gasteiger partial charge in [-0.15, -0.1) is 5.10 Å². The second-order valence-electron chi connectivity index (χ2n) is 5.01. The van der Waals surface area contributed by atoms with Crippen molar-refractivity contribution in [2.45, 2.75) is 0 Å². The molecule has 0 aliphatic heterocycles. The van der Waals surface area contributed by atoms with Crippen molar-refractivity contribution in [1.82, 2.24) is 9.78 Å². The molecular formula is C17H16N6O. The van der Waals surface area contributed by atoms with Gasteiger partial charge >= 0.3 is 0 Å². The highest BCUT2D eigenvalue weighted by Crippen LogP contribution is 2.27. The molecule has 0 spiro atoms. The van der Waals surface area contributed by atoms with E-state index in [1.807, 2.05) is 54.6 Å². The first-order valence-corrected chi connectivity index (χ1v) is 7.23. The Balaban J connectivity index is 2.06. The van der Waals surface area contributed by atoms with Crippen LogP contribution in [0.25, 0.3) is 16.9 Å². The second-order valence-corrected chi connectivity index (χ2v) is 5.01. The van der Waals surface area contributed by atoms with E-state index in [0.29, 0.717) is 17.9 Å². The topological polar surface area (TPSA) is 111 Å². The van der Waals surface area contributed by atoms with Gasteiger partial charge in [-0.25, -0.2) is 9.67 Å². The molecule has 1 aromatic heterocycles. The van der Waals surface area contributed by atoms with Crippen LogP contribution in [-0.4, -0.2) is 22.2 Å². The third kappa shape index (κ3) is 3.25. The maximum Gasteiger partial charge on any atom is 0.212 e. The first kappa shape index (κ1) is 15.3. The summed E-state index contributed by atoms with van der Waals surface area (Å²) < 4.78 is 1.77. The molecule has 2 aromatic carbocycles. The number of nitrogens with zero attached hydrogens (tertiary/aromatic N) is 3. The van der Waals surface area contributed by atoms with Crippen LogP contribution in [0.15, 0.2) is 65.7 Å². The minimum absolute atomic E-state index is 0.00884. The summed E-state index contributed by atoms with van der Waals surface area (Å²) in [5.41, 5.74) is 14.1. The van der Waals surface area contributed by atoms with Crippen molar-refractivity contribution in [2.24, 2.45) is 16.5 Å². The van der Waals surface area contributed by atoms with Crippen molar-refractivity contribution >= 4 is 23.9 Å². The molecular weight excluding hydrogens is 304 g/mol. The minimum Gasteiger partial charge on any atom is -0.370 e. The number of rotatable bonds is 5. The van der Waals surface area contributed by atoms with E-state index in [1.54, 1.807) is 10.7 Å². The number of amides is 1. The van der Waals surface area contributed by atoms with Crippen molar-refractivity contribution in [2.75, 3.05) is 5.32 Å². The first-order chi connectivity index (χ1) is 11.7. The van der Waals surface area contributed by atoms with Crippen LogP contribution in [-0.2, 0) is 4.79 Å². The lowest BCUT2D eigenvalue weighted by Crippen LogP contribution is -2.21. The van der Waals surface area contributed by atoms with Crippen LogP contribution >= 0.6 is 0 Å². The zero-order chi connectivity index (χ0) is 16.9. The Bertz CT molecular complexity index is 864. The normalized spacial score (nSPS) is 10.2. The number of aromatic nitrogens is 2. The summed E-state index contributed by atoms with van der Waals surface area (Å²) >= 11 is 0. The van der Waals surface area contributed by atoms with Gasteiger partial charge in [0.25, 0.3) is 0 Å². The molecule has 0 atom stereocenters. The smallest absolute Gasteiger partial charge is 0.212 e. The maximum absolute atomic E-state index is 10.7. The molecule has 0 aliphatic carbocycles. The van der Waals surface area contributed by atoms with Crippen molar-refractivity contribution < 1.29 is 4.79 Å². The van der Waals surface area contributed by atoms with Crippen LogP contribution < -0.4 is 16.8 Å². The predicted molar refractivity (Wildman–Crippen MR) is 94.2 cm³/mol. The van der Waals surface area contributed by atoms with Crippen LogP contribution in [0.4, 0.5) is 11.5 Å². The zero-order valence-electron chi connectivity index (χ0n) is 12.8. The molecule has 0 bridgehead atoms. The summed E-state index contributed by atoms with van der Waals surface area (Å²) in [5.74, 6) is 0.478. The second kappa shape index (κ2) is 6.66. The molecule has 0 saturated heterocycles. The van der Waals surface area contributed by atoms with E-state index in [0.717, 1.165) is 16.9 Å². The molecule has 7 nitrogen and oxygen atoms in total. The van der Waals surface area contributed by atoms with Crippen molar-refractivity contribution in [3.8, 4) is 16.9 Å². The Morgan fingerprint density at radius 2 is 1.79 bits per heavy atom. The summed E-state index contributed by atoms with van der Waals surface area (Å²) in [4.78, 5) is 14.7. The van der Waals surface area contributed by atoms with E-state index in [1.165, 1.54) is 0 Å². The highest BCUT2D eigenvalue weighted by Gasteiger charge is 2.11. The molecule has 0 radical (unpaired) electrons. The minimum atomic E-state index is 0.00884. The third-order valence-electron chi connectivity index (χ3n) is 3.34. The average Bonchev–Trinajstić information content (AvgIpc) is 3.00. The van der Waals surface area contributed by atoms with Gasteiger partial charge in [0.05, 0.1) is 17.1 Å². The lowest BCUT2D eigenvalue weighted by atomic mass is 10.1. The third-order valence-corrected chi connectivity index (χ3v) is 3.34. The lowest BCUT2D eigenvalue weighted by Gasteiger charge is -2.07. The quantitative estimate of drug-likeness (QED) is 0.379. The molecule has 3 aromatic rings. The lowest BCUT2D eigenvalue weighted by molar-refractivity contribution is -0.105. The van der Waals surface area contributed by atoms with E-state index >= 15 is 0 Å². The predicted octanol–water partition coefficient (Wildman–Crippen LogP) is 2.01. The fourth-order valence-electron chi connectivity index (χ4n) is 2.34. The molecule has 5 N–H and O–H groups in total. The molecule has 0 aliphatic rings. The Kier molecular flexibility index (Phi) is 4.24. The molecule has 0 unspecified atom stereocenters. The highest BCUT2D eigenvalue weighted by molar-refractivity contribution is 5.79. The van der Waals surface area contributed by atoms with Gasteiger partial charge in [0, 0.05) is 11.6 Å². The molecule has 1 amide bonds. The number of carbonyl (C=O) groups is 1. The van der Waals surface area contributed by atoms with E-state index in [4.69, 9.17) is 11.5 Å². The zero-order valence-corrected chi connectivity index (χ0v) is 12.8. The maximum atomic E-state index is 10.7. The van der Waals surface area contributed by atoms with Crippen LogP contribution in [0, 0.1) is 0 Å². The number of guanidine groups is 1. The van der Waals surface area contributed by atoms with Crippen LogP contribution in [0.5, 0.6) is 0 Å². The van der Waals surface area contributed by atoms with Gasteiger partial charge < -0.3 is 16.8 Å². The molecule has 1 heterocycles. The number of para-hydroxylation sites is 1. The van der Waals surface area contributed by atoms with Crippen molar-refractivity contribution in [3.05, 3.63) is 60.7 Å². The molecule has 7 heteroatoms. The number of nitrogens with one attached hydrogen (secondary N) is 1. The summed E-state index contributed by atoms with van der Waals surface area (Å²) in [6, 6.07) is 18.9. The van der Waals surface area contributed by atoms with E-state index in [2.05, 4.69) is 15.4 Å². The van der Waals surface area contributed by atoms with Gasteiger partial charge in [-0.05, 0) is 24.3 Å².